The van der Waals surface area contributed by atoms with Gasteiger partial charge in [0, 0.05) is 4.47 Å². The van der Waals surface area contributed by atoms with Gasteiger partial charge in [0.25, 0.3) is 0 Å². The molecule has 2 fully saturated rings. The van der Waals surface area contributed by atoms with Crippen LogP contribution in [0.3, 0.4) is 0 Å². The van der Waals surface area contributed by atoms with E-state index in [1.54, 1.807) is 18.7 Å². The number of amides is 1. The first-order chi connectivity index (χ1) is 11.4. The number of rotatable bonds is 3. The Labute approximate surface area is 148 Å². The van der Waals surface area contributed by atoms with Crippen molar-refractivity contribution in [3.8, 4) is 0 Å². The van der Waals surface area contributed by atoms with Gasteiger partial charge in [0.15, 0.2) is 0 Å². The van der Waals surface area contributed by atoms with Crippen molar-refractivity contribution < 1.29 is 19.1 Å². The molecule has 0 aliphatic carbocycles. The third-order valence-corrected chi connectivity index (χ3v) is 5.54. The maximum atomic E-state index is 13.1. The number of para-hydroxylation sites is 1. The minimum Gasteiger partial charge on any atom is -0.463 e. The number of ether oxygens (including phenoxy) is 2. The molecule has 0 radical (unpaired) electrons. The number of carbonyl (C=O) groups excluding carboxylic acids is 2. The molecule has 4 atom stereocenters. The highest BCUT2D eigenvalue weighted by molar-refractivity contribution is 9.10. The van der Waals surface area contributed by atoms with Crippen LogP contribution in [0.25, 0.3) is 0 Å². The minimum absolute atomic E-state index is 0.0838. The van der Waals surface area contributed by atoms with Crippen LogP contribution in [0.1, 0.15) is 13.8 Å². The molecule has 24 heavy (non-hydrogen) atoms. The lowest BCUT2D eigenvalue weighted by Gasteiger charge is -2.23. The third kappa shape index (κ3) is 2.16. The lowest BCUT2D eigenvalue weighted by atomic mass is 9.77. The monoisotopic (exact) mass is 391 g/mol. The van der Waals surface area contributed by atoms with Gasteiger partial charge in [0.2, 0.25) is 5.91 Å². The largest absolute Gasteiger partial charge is 0.463 e. The van der Waals surface area contributed by atoms with Gasteiger partial charge in [0.05, 0.1) is 30.4 Å². The topological polar surface area (TPSA) is 55.8 Å². The Morgan fingerprint density at radius 3 is 2.88 bits per heavy atom. The van der Waals surface area contributed by atoms with E-state index in [0.717, 1.165) is 10.2 Å². The maximum absolute atomic E-state index is 13.1. The molecule has 5 nitrogen and oxygen atoms in total. The summed E-state index contributed by atoms with van der Waals surface area (Å²) in [7, 11) is 0. The van der Waals surface area contributed by atoms with Crippen LogP contribution in [0.2, 0.25) is 0 Å². The van der Waals surface area contributed by atoms with Gasteiger partial charge in [-0.2, -0.15) is 0 Å². The number of esters is 1. The quantitative estimate of drug-likeness (QED) is 0.587. The van der Waals surface area contributed by atoms with E-state index in [4.69, 9.17) is 9.47 Å². The van der Waals surface area contributed by atoms with Crippen LogP contribution < -0.4 is 4.90 Å². The zero-order valence-corrected chi connectivity index (χ0v) is 15.0. The molecule has 126 valence electrons. The van der Waals surface area contributed by atoms with Crippen molar-refractivity contribution in [2.75, 3.05) is 11.4 Å². The van der Waals surface area contributed by atoms with Gasteiger partial charge in [-0.1, -0.05) is 24.3 Å². The lowest BCUT2D eigenvalue weighted by Crippen LogP contribution is -2.40. The van der Waals surface area contributed by atoms with Crippen LogP contribution in [0, 0.1) is 11.8 Å². The number of benzene rings is 1. The van der Waals surface area contributed by atoms with Gasteiger partial charge in [-0.25, -0.2) is 0 Å². The summed E-state index contributed by atoms with van der Waals surface area (Å²) >= 11 is 3.50. The number of carbonyl (C=O) groups is 2. The Hall–Kier alpha value is -1.66. The molecule has 2 saturated heterocycles. The first-order valence-electron chi connectivity index (χ1n) is 8.06. The van der Waals surface area contributed by atoms with Crippen LogP contribution in [-0.2, 0) is 19.1 Å². The molecule has 1 spiro atoms. The van der Waals surface area contributed by atoms with Crippen molar-refractivity contribution in [1.29, 1.82) is 0 Å². The van der Waals surface area contributed by atoms with E-state index in [0.29, 0.717) is 6.54 Å². The number of hydrogen-bond acceptors (Lipinski definition) is 4. The molecule has 1 amide bonds. The highest BCUT2D eigenvalue weighted by atomic mass is 79.9. The second-order valence-electron chi connectivity index (χ2n) is 6.76. The van der Waals surface area contributed by atoms with Crippen molar-refractivity contribution >= 4 is 33.5 Å². The molecule has 0 aromatic heterocycles. The van der Waals surface area contributed by atoms with E-state index in [1.807, 2.05) is 36.4 Å². The molecule has 6 heteroatoms. The van der Waals surface area contributed by atoms with E-state index in [-0.39, 0.29) is 24.1 Å². The summed E-state index contributed by atoms with van der Waals surface area (Å²) in [6.07, 6.45) is 3.24. The number of nitrogens with zero attached hydrogens (tertiary/aromatic N) is 1. The van der Waals surface area contributed by atoms with Crippen molar-refractivity contribution in [3.63, 3.8) is 0 Å². The van der Waals surface area contributed by atoms with Crippen molar-refractivity contribution in [2.45, 2.75) is 31.7 Å². The predicted octanol–water partition coefficient (Wildman–Crippen LogP) is 2.69. The van der Waals surface area contributed by atoms with Gasteiger partial charge in [0.1, 0.15) is 11.5 Å². The first-order valence-corrected chi connectivity index (χ1v) is 8.86. The summed E-state index contributed by atoms with van der Waals surface area (Å²) in [6, 6.07) is 7.57. The van der Waals surface area contributed by atoms with Crippen molar-refractivity contribution in [1.82, 2.24) is 0 Å². The first kappa shape index (κ1) is 15.8. The number of hydrogen-bond donors (Lipinski definition) is 0. The zero-order valence-electron chi connectivity index (χ0n) is 13.4. The van der Waals surface area contributed by atoms with Crippen molar-refractivity contribution in [3.05, 3.63) is 40.9 Å². The van der Waals surface area contributed by atoms with Gasteiger partial charge < -0.3 is 14.4 Å². The fraction of sp³-hybridized carbons (Fsp3) is 0.444. The molecule has 0 saturated carbocycles. The summed E-state index contributed by atoms with van der Waals surface area (Å²) in [6.45, 7) is 4.03. The fourth-order valence-electron chi connectivity index (χ4n) is 3.95. The summed E-state index contributed by atoms with van der Waals surface area (Å²) in [4.78, 5) is 27.3. The average Bonchev–Trinajstić information content (AvgIpc) is 3.15. The maximum Gasteiger partial charge on any atom is 0.313 e. The molecule has 3 heterocycles. The van der Waals surface area contributed by atoms with Gasteiger partial charge in [-0.05, 0) is 41.9 Å². The molecule has 3 aliphatic heterocycles. The second kappa shape index (κ2) is 5.43. The van der Waals surface area contributed by atoms with E-state index >= 15 is 0 Å². The van der Waals surface area contributed by atoms with Crippen LogP contribution in [0.4, 0.5) is 5.69 Å². The van der Waals surface area contributed by atoms with Crippen LogP contribution in [-0.4, -0.2) is 36.2 Å². The third-order valence-electron chi connectivity index (χ3n) is 4.87. The normalized spacial score (nSPS) is 33.4. The minimum atomic E-state index is -0.725. The van der Waals surface area contributed by atoms with E-state index in [1.165, 1.54) is 0 Å². The number of halogens is 1. The van der Waals surface area contributed by atoms with E-state index in [2.05, 4.69) is 15.9 Å². The van der Waals surface area contributed by atoms with Gasteiger partial charge in [-0.3, -0.25) is 9.59 Å². The highest BCUT2D eigenvalue weighted by Crippen LogP contribution is 2.53. The van der Waals surface area contributed by atoms with E-state index < -0.39 is 17.4 Å². The molecule has 3 aliphatic rings. The second-order valence-corrected chi connectivity index (χ2v) is 7.62. The van der Waals surface area contributed by atoms with Crippen molar-refractivity contribution in [2.24, 2.45) is 11.8 Å². The number of fused-ring (bicyclic) bond motifs is 1. The fourth-order valence-corrected chi connectivity index (χ4v) is 4.45. The highest BCUT2D eigenvalue weighted by Gasteiger charge is 2.67. The summed E-state index contributed by atoms with van der Waals surface area (Å²) in [5, 5.41) is 0. The predicted molar refractivity (Wildman–Crippen MR) is 91.4 cm³/mol. The Morgan fingerprint density at radius 2 is 2.17 bits per heavy atom. The van der Waals surface area contributed by atoms with Gasteiger partial charge in [-0.15, -0.1) is 0 Å². The molecule has 1 aromatic carbocycles. The molecule has 0 N–H and O–H groups in total. The summed E-state index contributed by atoms with van der Waals surface area (Å²) < 4.78 is 12.3. The SMILES string of the molecule is CC(C)OC(=O)C1C2C(=O)N(c3ccccc3Br)C[C@]23C=C[C@H]1O3. The van der Waals surface area contributed by atoms with E-state index in [9.17, 15) is 9.59 Å². The van der Waals surface area contributed by atoms with Crippen LogP contribution in [0.15, 0.2) is 40.9 Å². The summed E-state index contributed by atoms with van der Waals surface area (Å²) in [5.74, 6) is -1.53. The van der Waals surface area contributed by atoms with Crippen LogP contribution in [0.5, 0.6) is 0 Å². The Bertz CT molecular complexity index is 746. The Kier molecular flexibility index (Phi) is 3.58. The number of anilines is 1. The standard InChI is InChI=1S/C18H18BrNO4/c1-10(2)23-17(22)14-13-7-8-18(24-13)9-20(16(21)15(14)18)12-6-4-3-5-11(12)19/h3-8,10,13-15H,9H2,1-2H3/t13-,14?,15?,18-/m1/s1. The van der Waals surface area contributed by atoms with Crippen LogP contribution >= 0.6 is 15.9 Å². The lowest BCUT2D eigenvalue weighted by molar-refractivity contribution is -0.156. The molecular formula is C18H18BrNO4. The molecule has 4 rings (SSSR count). The Balaban J connectivity index is 1.69. The molecular weight excluding hydrogens is 374 g/mol. The smallest absolute Gasteiger partial charge is 0.313 e. The zero-order chi connectivity index (χ0) is 17.1. The Morgan fingerprint density at radius 1 is 1.42 bits per heavy atom. The van der Waals surface area contributed by atoms with Gasteiger partial charge >= 0.3 is 5.97 Å². The molecule has 2 bridgehead atoms. The summed E-state index contributed by atoms with van der Waals surface area (Å²) in [5.41, 5.74) is 0.0697. The molecule has 1 aromatic rings. The molecule has 2 unspecified atom stereocenters. The average molecular weight is 392 g/mol.